The molecule has 0 bridgehead atoms. The van der Waals surface area contributed by atoms with Crippen LogP contribution in [-0.2, 0) is 9.59 Å². The second-order valence-corrected chi connectivity index (χ2v) is 5.18. The van der Waals surface area contributed by atoms with Crippen LogP contribution >= 0.6 is 0 Å². The predicted octanol–water partition coefficient (Wildman–Crippen LogP) is 1.35. The van der Waals surface area contributed by atoms with Crippen LogP contribution in [0.1, 0.15) is 33.1 Å². The summed E-state index contributed by atoms with van der Waals surface area (Å²) in [5.41, 5.74) is 0. The molecule has 1 saturated carbocycles. The lowest BCUT2D eigenvalue weighted by Crippen LogP contribution is -2.47. The van der Waals surface area contributed by atoms with Gasteiger partial charge in [0, 0.05) is 12.6 Å². The molecule has 0 aromatic heterocycles. The number of carboxylic acids is 1. The van der Waals surface area contributed by atoms with Gasteiger partial charge in [0.15, 0.2) is 0 Å². The number of hydrogen-bond donors (Lipinski definition) is 1. The van der Waals surface area contributed by atoms with Crippen molar-refractivity contribution >= 4 is 11.9 Å². The van der Waals surface area contributed by atoms with Crippen LogP contribution in [0.4, 0.5) is 0 Å². The van der Waals surface area contributed by atoms with Crippen LogP contribution in [0, 0.1) is 17.8 Å². The third-order valence-electron chi connectivity index (χ3n) is 4.08. The van der Waals surface area contributed by atoms with E-state index in [4.69, 9.17) is 5.11 Å². The number of carbonyl (C=O) groups excluding carboxylic acids is 1. The first-order valence-electron chi connectivity index (χ1n) is 6.05. The number of likely N-dealkylation sites (tertiary alicyclic amines) is 1. The molecule has 0 spiro atoms. The van der Waals surface area contributed by atoms with E-state index in [1.165, 1.54) is 0 Å². The molecule has 4 atom stereocenters. The molecule has 4 unspecified atom stereocenters. The van der Waals surface area contributed by atoms with E-state index in [2.05, 4.69) is 13.8 Å². The summed E-state index contributed by atoms with van der Waals surface area (Å²) in [6.07, 6.45) is 2.74. The van der Waals surface area contributed by atoms with Crippen molar-refractivity contribution in [2.75, 3.05) is 6.54 Å². The molecule has 1 saturated heterocycles. The molecule has 1 aliphatic heterocycles. The molecule has 0 aromatic rings. The van der Waals surface area contributed by atoms with Gasteiger partial charge >= 0.3 is 5.97 Å². The van der Waals surface area contributed by atoms with E-state index in [0.29, 0.717) is 12.3 Å². The molecule has 4 nitrogen and oxygen atoms in total. The summed E-state index contributed by atoms with van der Waals surface area (Å²) in [6, 6.07) is 0.260. The highest BCUT2D eigenvalue weighted by molar-refractivity contribution is 5.89. The molecule has 2 fully saturated rings. The predicted molar refractivity (Wildman–Crippen MR) is 58.8 cm³/mol. The fourth-order valence-corrected chi connectivity index (χ4v) is 2.60. The van der Waals surface area contributed by atoms with Crippen molar-refractivity contribution in [1.29, 1.82) is 0 Å². The molecule has 2 aliphatic rings. The minimum absolute atomic E-state index is 0.0615. The summed E-state index contributed by atoms with van der Waals surface area (Å²) in [6.45, 7) is 5.03. The topological polar surface area (TPSA) is 57.6 Å². The SMILES string of the molecule is CC1CCCN(C(=O)C2CC2C(=O)O)C1C. The monoisotopic (exact) mass is 225 g/mol. The van der Waals surface area contributed by atoms with E-state index in [-0.39, 0.29) is 17.9 Å². The number of rotatable bonds is 2. The number of hydrogen-bond acceptors (Lipinski definition) is 2. The third-order valence-corrected chi connectivity index (χ3v) is 4.08. The summed E-state index contributed by atoms with van der Waals surface area (Å²) in [7, 11) is 0. The van der Waals surface area contributed by atoms with Crippen LogP contribution in [0.2, 0.25) is 0 Å². The molecule has 90 valence electrons. The van der Waals surface area contributed by atoms with Crippen LogP contribution in [0.5, 0.6) is 0 Å². The van der Waals surface area contributed by atoms with Gasteiger partial charge < -0.3 is 10.0 Å². The van der Waals surface area contributed by atoms with Gasteiger partial charge in [-0.1, -0.05) is 6.92 Å². The molecular weight excluding hydrogens is 206 g/mol. The molecule has 0 radical (unpaired) electrons. The molecule has 2 rings (SSSR count). The standard InChI is InChI=1S/C12H19NO3/c1-7-4-3-5-13(8(7)2)11(14)9-6-10(9)12(15)16/h7-10H,3-6H2,1-2H3,(H,15,16). The Balaban J connectivity index is 1.97. The van der Waals surface area contributed by atoms with Crippen molar-refractivity contribution in [3.63, 3.8) is 0 Å². The fraction of sp³-hybridized carbons (Fsp3) is 0.833. The van der Waals surface area contributed by atoms with Gasteiger partial charge in [0.25, 0.3) is 0 Å². The Kier molecular flexibility index (Phi) is 2.91. The average molecular weight is 225 g/mol. The quantitative estimate of drug-likeness (QED) is 0.771. The second-order valence-electron chi connectivity index (χ2n) is 5.18. The summed E-state index contributed by atoms with van der Waals surface area (Å²) >= 11 is 0. The van der Waals surface area contributed by atoms with Gasteiger partial charge in [-0.2, -0.15) is 0 Å². The first kappa shape index (κ1) is 11.4. The van der Waals surface area contributed by atoms with Crippen molar-refractivity contribution in [1.82, 2.24) is 4.90 Å². The summed E-state index contributed by atoms with van der Waals surface area (Å²) < 4.78 is 0. The van der Waals surface area contributed by atoms with Crippen molar-refractivity contribution < 1.29 is 14.7 Å². The normalized spacial score (nSPS) is 38.2. The van der Waals surface area contributed by atoms with Crippen LogP contribution in [-0.4, -0.2) is 34.5 Å². The highest BCUT2D eigenvalue weighted by Gasteiger charge is 2.50. The molecule has 1 aliphatic carbocycles. The van der Waals surface area contributed by atoms with Crippen molar-refractivity contribution in [2.45, 2.75) is 39.2 Å². The zero-order valence-electron chi connectivity index (χ0n) is 9.85. The van der Waals surface area contributed by atoms with Crippen LogP contribution in [0.3, 0.4) is 0 Å². The number of aliphatic carboxylic acids is 1. The number of nitrogens with zero attached hydrogens (tertiary/aromatic N) is 1. The second kappa shape index (κ2) is 4.07. The Labute approximate surface area is 95.6 Å². The molecular formula is C12H19NO3. The van der Waals surface area contributed by atoms with Crippen LogP contribution in [0.25, 0.3) is 0 Å². The van der Waals surface area contributed by atoms with Gasteiger partial charge in [0.1, 0.15) is 0 Å². The molecule has 0 aromatic carbocycles. The Bertz CT molecular complexity index is 315. The first-order chi connectivity index (χ1) is 7.52. The Morgan fingerprint density at radius 3 is 2.50 bits per heavy atom. The van der Waals surface area contributed by atoms with Gasteiger partial charge in [-0.25, -0.2) is 0 Å². The Morgan fingerprint density at radius 2 is 1.94 bits per heavy atom. The zero-order valence-corrected chi connectivity index (χ0v) is 9.85. The fourth-order valence-electron chi connectivity index (χ4n) is 2.60. The van der Waals surface area contributed by atoms with Gasteiger partial charge in [0.05, 0.1) is 11.8 Å². The van der Waals surface area contributed by atoms with E-state index in [1.807, 2.05) is 4.90 Å². The van der Waals surface area contributed by atoms with Gasteiger partial charge in [-0.15, -0.1) is 0 Å². The van der Waals surface area contributed by atoms with Crippen molar-refractivity contribution in [3.8, 4) is 0 Å². The van der Waals surface area contributed by atoms with E-state index in [9.17, 15) is 9.59 Å². The number of amides is 1. The lowest BCUT2D eigenvalue weighted by Gasteiger charge is -2.38. The minimum atomic E-state index is -0.823. The van der Waals surface area contributed by atoms with Gasteiger partial charge in [-0.05, 0) is 32.1 Å². The maximum atomic E-state index is 12.1. The van der Waals surface area contributed by atoms with Crippen LogP contribution in [0.15, 0.2) is 0 Å². The Hall–Kier alpha value is -1.06. The van der Waals surface area contributed by atoms with E-state index >= 15 is 0 Å². The summed E-state index contributed by atoms with van der Waals surface area (Å²) in [5.74, 6) is -0.899. The Morgan fingerprint density at radius 1 is 1.25 bits per heavy atom. The molecule has 1 N–H and O–H groups in total. The van der Waals surface area contributed by atoms with E-state index in [0.717, 1.165) is 19.4 Å². The largest absolute Gasteiger partial charge is 0.481 e. The first-order valence-corrected chi connectivity index (χ1v) is 6.05. The highest BCUT2D eigenvalue weighted by Crippen LogP contribution is 2.41. The average Bonchev–Trinajstić information content (AvgIpc) is 3.01. The lowest BCUT2D eigenvalue weighted by atomic mass is 9.91. The number of carboxylic acid groups (broad SMARTS) is 1. The molecule has 1 amide bonds. The zero-order chi connectivity index (χ0) is 11.9. The summed E-state index contributed by atoms with van der Waals surface area (Å²) in [4.78, 5) is 24.7. The van der Waals surface area contributed by atoms with Crippen LogP contribution < -0.4 is 0 Å². The smallest absolute Gasteiger partial charge is 0.307 e. The lowest BCUT2D eigenvalue weighted by molar-refractivity contribution is -0.143. The molecule has 16 heavy (non-hydrogen) atoms. The number of piperidine rings is 1. The van der Waals surface area contributed by atoms with Crippen molar-refractivity contribution in [2.24, 2.45) is 17.8 Å². The highest BCUT2D eigenvalue weighted by atomic mass is 16.4. The van der Waals surface area contributed by atoms with Gasteiger partial charge in [0.2, 0.25) is 5.91 Å². The third kappa shape index (κ3) is 1.93. The molecule has 1 heterocycles. The minimum Gasteiger partial charge on any atom is -0.481 e. The maximum absolute atomic E-state index is 12.1. The number of carbonyl (C=O) groups is 2. The van der Waals surface area contributed by atoms with Gasteiger partial charge in [-0.3, -0.25) is 9.59 Å². The molecule has 4 heteroatoms. The van der Waals surface area contributed by atoms with E-state index < -0.39 is 11.9 Å². The van der Waals surface area contributed by atoms with Crippen molar-refractivity contribution in [3.05, 3.63) is 0 Å². The van der Waals surface area contributed by atoms with E-state index in [1.54, 1.807) is 0 Å². The summed E-state index contributed by atoms with van der Waals surface area (Å²) in [5, 5.41) is 8.82. The maximum Gasteiger partial charge on any atom is 0.307 e.